The Bertz CT molecular complexity index is 416. The molecular formula is C12H17BrN2O. The van der Waals surface area contributed by atoms with Gasteiger partial charge in [0.05, 0.1) is 0 Å². The lowest BCUT2D eigenvalue weighted by atomic mass is 10.1. The monoisotopic (exact) mass is 284 g/mol. The van der Waals surface area contributed by atoms with Gasteiger partial charge in [0.15, 0.2) is 0 Å². The molecule has 0 aromatic heterocycles. The third-order valence-electron chi connectivity index (χ3n) is 2.74. The number of benzene rings is 1. The largest absolute Gasteiger partial charge is 0.398 e. The van der Waals surface area contributed by atoms with E-state index in [4.69, 9.17) is 5.73 Å². The second-order valence-corrected chi connectivity index (χ2v) is 5.09. The number of nitrogen functional groups attached to an aromatic ring is 1. The second-order valence-electron chi connectivity index (χ2n) is 4.18. The number of nitrogens with zero attached hydrogens (tertiary/aromatic N) is 1. The number of anilines is 1. The van der Waals surface area contributed by atoms with Crippen LogP contribution >= 0.6 is 15.9 Å². The number of hydrogen-bond acceptors (Lipinski definition) is 2. The Labute approximate surface area is 105 Å². The summed E-state index contributed by atoms with van der Waals surface area (Å²) in [5.74, 6) is 0.000463. The first-order chi connectivity index (χ1) is 7.34. The van der Waals surface area contributed by atoms with Crippen LogP contribution in [0.1, 0.15) is 29.8 Å². The van der Waals surface area contributed by atoms with Crippen molar-refractivity contribution in [1.82, 2.24) is 4.90 Å². The minimum Gasteiger partial charge on any atom is -0.398 e. The second kappa shape index (κ2) is 4.87. The van der Waals surface area contributed by atoms with Gasteiger partial charge in [-0.3, -0.25) is 4.79 Å². The molecular weight excluding hydrogens is 268 g/mol. The summed E-state index contributed by atoms with van der Waals surface area (Å²) in [6.07, 6.45) is 0. The highest BCUT2D eigenvalue weighted by atomic mass is 79.9. The number of nitrogens with two attached hydrogens (primary N) is 1. The van der Waals surface area contributed by atoms with Crippen LogP contribution in [-0.4, -0.2) is 23.9 Å². The van der Waals surface area contributed by atoms with Crippen molar-refractivity contribution in [2.24, 2.45) is 0 Å². The average molecular weight is 285 g/mol. The van der Waals surface area contributed by atoms with E-state index in [2.05, 4.69) is 15.9 Å². The molecule has 0 aliphatic carbocycles. The summed E-state index contributed by atoms with van der Waals surface area (Å²) < 4.78 is 0.830. The predicted molar refractivity (Wildman–Crippen MR) is 70.5 cm³/mol. The van der Waals surface area contributed by atoms with Gasteiger partial charge < -0.3 is 10.6 Å². The van der Waals surface area contributed by atoms with Crippen LogP contribution in [0.2, 0.25) is 0 Å². The molecule has 16 heavy (non-hydrogen) atoms. The van der Waals surface area contributed by atoms with Gasteiger partial charge in [-0.1, -0.05) is 15.9 Å². The molecule has 0 aliphatic rings. The molecule has 0 atom stereocenters. The van der Waals surface area contributed by atoms with Gasteiger partial charge in [0.2, 0.25) is 0 Å². The minimum atomic E-state index is 0.000463. The summed E-state index contributed by atoms with van der Waals surface area (Å²) in [5.41, 5.74) is 7.96. The fourth-order valence-electron chi connectivity index (χ4n) is 1.35. The Morgan fingerprint density at radius 3 is 2.50 bits per heavy atom. The van der Waals surface area contributed by atoms with Gasteiger partial charge >= 0.3 is 0 Å². The van der Waals surface area contributed by atoms with Crippen LogP contribution in [0.15, 0.2) is 16.6 Å². The van der Waals surface area contributed by atoms with Gasteiger partial charge in [0.1, 0.15) is 0 Å². The first-order valence-corrected chi connectivity index (χ1v) is 5.96. The van der Waals surface area contributed by atoms with E-state index in [9.17, 15) is 4.79 Å². The maximum atomic E-state index is 12.2. The van der Waals surface area contributed by atoms with Gasteiger partial charge in [-0.05, 0) is 38.5 Å². The van der Waals surface area contributed by atoms with Crippen LogP contribution in [0.4, 0.5) is 5.69 Å². The number of rotatable bonds is 2. The number of carbonyl (C=O) groups is 1. The lowest BCUT2D eigenvalue weighted by Crippen LogP contribution is -2.33. The smallest absolute Gasteiger partial charge is 0.254 e. The van der Waals surface area contributed by atoms with E-state index in [0.717, 1.165) is 10.0 Å². The Morgan fingerprint density at radius 2 is 2.00 bits per heavy atom. The molecule has 4 heteroatoms. The topological polar surface area (TPSA) is 46.3 Å². The van der Waals surface area contributed by atoms with Crippen molar-refractivity contribution >= 4 is 27.5 Å². The van der Waals surface area contributed by atoms with Gasteiger partial charge in [0, 0.05) is 28.8 Å². The molecule has 0 radical (unpaired) electrons. The standard InChI is InChI=1S/C12H17BrN2O/c1-7(2)15(4)12(16)10-5-9(13)6-11(14)8(10)3/h5-7H,14H2,1-4H3. The van der Waals surface area contributed by atoms with Gasteiger partial charge in [0.25, 0.3) is 5.91 Å². The first-order valence-electron chi connectivity index (χ1n) is 5.17. The molecule has 1 aromatic rings. The van der Waals surface area contributed by atoms with Crippen LogP contribution in [0.25, 0.3) is 0 Å². The summed E-state index contributed by atoms with van der Waals surface area (Å²) >= 11 is 3.35. The van der Waals surface area contributed by atoms with Gasteiger partial charge in [-0.15, -0.1) is 0 Å². The summed E-state index contributed by atoms with van der Waals surface area (Å²) in [7, 11) is 1.80. The van der Waals surface area contributed by atoms with Crippen LogP contribution in [0, 0.1) is 6.92 Å². The number of amides is 1. The van der Waals surface area contributed by atoms with E-state index in [-0.39, 0.29) is 11.9 Å². The molecule has 0 spiro atoms. The molecule has 0 bridgehead atoms. The van der Waals surface area contributed by atoms with Crippen LogP contribution in [0.5, 0.6) is 0 Å². The van der Waals surface area contributed by atoms with Crippen LogP contribution in [-0.2, 0) is 0 Å². The highest BCUT2D eigenvalue weighted by Crippen LogP contribution is 2.24. The Morgan fingerprint density at radius 1 is 1.44 bits per heavy atom. The molecule has 0 fully saturated rings. The van der Waals surface area contributed by atoms with Crippen molar-refractivity contribution in [2.75, 3.05) is 12.8 Å². The van der Waals surface area contributed by atoms with Crippen molar-refractivity contribution in [3.05, 3.63) is 27.7 Å². The zero-order valence-corrected chi connectivity index (χ0v) is 11.6. The van der Waals surface area contributed by atoms with Crippen LogP contribution in [0.3, 0.4) is 0 Å². The highest BCUT2D eigenvalue weighted by Gasteiger charge is 2.18. The van der Waals surface area contributed by atoms with Gasteiger partial charge in [-0.2, -0.15) is 0 Å². The van der Waals surface area contributed by atoms with E-state index < -0.39 is 0 Å². The van der Waals surface area contributed by atoms with Crippen molar-refractivity contribution < 1.29 is 4.79 Å². The van der Waals surface area contributed by atoms with Gasteiger partial charge in [-0.25, -0.2) is 0 Å². The minimum absolute atomic E-state index is 0.000463. The summed E-state index contributed by atoms with van der Waals surface area (Å²) in [4.78, 5) is 13.9. The summed E-state index contributed by atoms with van der Waals surface area (Å²) in [6.45, 7) is 5.83. The molecule has 0 unspecified atom stereocenters. The third kappa shape index (κ3) is 2.55. The lowest BCUT2D eigenvalue weighted by Gasteiger charge is -2.22. The fourth-order valence-corrected chi connectivity index (χ4v) is 1.82. The van der Waals surface area contributed by atoms with E-state index in [1.807, 2.05) is 32.9 Å². The molecule has 2 N–H and O–H groups in total. The molecule has 88 valence electrons. The Hall–Kier alpha value is -1.03. The van der Waals surface area contributed by atoms with Crippen molar-refractivity contribution in [1.29, 1.82) is 0 Å². The summed E-state index contributed by atoms with van der Waals surface area (Å²) in [5, 5.41) is 0. The SMILES string of the molecule is Cc1c(N)cc(Br)cc1C(=O)N(C)C(C)C. The van der Waals surface area contributed by atoms with Crippen molar-refractivity contribution in [3.63, 3.8) is 0 Å². The zero-order chi connectivity index (χ0) is 12.5. The fraction of sp³-hybridized carbons (Fsp3) is 0.417. The molecule has 3 nitrogen and oxygen atoms in total. The average Bonchev–Trinajstić information content (AvgIpc) is 2.21. The van der Waals surface area contributed by atoms with E-state index in [1.165, 1.54) is 0 Å². The van der Waals surface area contributed by atoms with Crippen molar-refractivity contribution in [3.8, 4) is 0 Å². The summed E-state index contributed by atoms with van der Waals surface area (Å²) in [6, 6.07) is 3.79. The molecule has 1 aromatic carbocycles. The maximum absolute atomic E-state index is 12.2. The molecule has 1 amide bonds. The maximum Gasteiger partial charge on any atom is 0.254 e. The normalized spacial score (nSPS) is 10.6. The number of hydrogen-bond donors (Lipinski definition) is 1. The Balaban J connectivity index is 3.18. The molecule has 0 aliphatic heterocycles. The van der Waals surface area contributed by atoms with Crippen molar-refractivity contribution in [2.45, 2.75) is 26.8 Å². The van der Waals surface area contributed by atoms with E-state index >= 15 is 0 Å². The molecule has 0 saturated carbocycles. The number of halogens is 1. The van der Waals surface area contributed by atoms with E-state index in [0.29, 0.717) is 11.3 Å². The van der Waals surface area contributed by atoms with Crippen LogP contribution < -0.4 is 5.73 Å². The Kier molecular flexibility index (Phi) is 3.97. The predicted octanol–water partition coefficient (Wildman–Crippen LogP) is 2.82. The molecule has 0 heterocycles. The highest BCUT2D eigenvalue weighted by molar-refractivity contribution is 9.10. The quantitative estimate of drug-likeness (QED) is 0.849. The van der Waals surface area contributed by atoms with E-state index in [1.54, 1.807) is 11.9 Å². The number of carbonyl (C=O) groups excluding carboxylic acids is 1. The first kappa shape index (κ1) is 13.0. The zero-order valence-electron chi connectivity index (χ0n) is 10.0. The third-order valence-corrected chi connectivity index (χ3v) is 3.20. The molecule has 0 saturated heterocycles. The molecule has 1 rings (SSSR count). The lowest BCUT2D eigenvalue weighted by molar-refractivity contribution is 0.0754.